The topological polar surface area (TPSA) is 293 Å². The smallest absolute Gasteiger partial charge is 0.104 e. The minimum atomic E-state index is -0.460. The highest BCUT2D eigenvalue weighted by Crippen LogP contribution is 2.12. The Balaban J connectivity index is 0.00000123. The van der Waals surface area contributed by atoms with Crippen LogP contribution in [0.25, 0.3) is 0 Å². The quantitative estimate of drug-likeness (QED) is 0.0650. The summed E-state index contributed by atoms with van der Waals surface area (Å²) in [6.45, 7) is 30.2. The van der Waals surface area contributed by atoms with E-state index >= 15 is 0 Å². The van der Waals surface area contributed by atoms with Crippen LogP contribution in [0.1, 0.15) is 41.5 Å². The van der Waals surface area contributed by atoms with Crippen LogP contribution in [0.4, 0.5) is 0 Å². The SMILES string of the molecule is C.C.C(COCC1CO1)OCC1CO1.C(COCC1CO1)OCC1CO1.COCCOCCOCCOCCOCCOCCOCC(C)CCC(O)COCCOCC1CO1.COCCOCCOCCOCCOCCOCCOCC(C)N. The van der Waals surface area contributed by atoms with E-state index in [0.717, 1.165) is 39.5 Å². The lowest BCUT2D eigenvalue weighted by atomic mass is 10.0. The maximum absolute atomic E-state index is 10.0. The monoisotopic (exact) mass is 1260 g/mol. The molecule has 3 N–H and O–H groups in total. The Kier molecular flexibility index (Phi) is 66.0. The largest absolute Gasteiger partial charge is 0.391 e. The van der Waals surface area contributed by atoms with Gasteiger partial charge in [0.2, 0.25) is 0 Å². The van der Waals surface area contributed by atoms with Crippen molar-refractivity contribution in [3.05, 3.63) is 0 Å². The normalized spacial score (nSPS) is 19.5. The number of aliphatic hydroxyl groups is 1. The molecule has 5 fully saturated rings. The summed E-state index contributed by atoms with van der Waals surface area (Å²) in [5, 5.41) is 10.0. The Morgan fingerprint density at radius 3 is 0.721 bits per heavy atom. The second kappa shape index (κ2) is 66.8. The first-order valence-electron chi connectivity index (χ1n) is 30.3. The Labute approximate surface area is 516 Å². The maximum Gasteiger partial charge on any atom is 0.104 e. The zero-order valence-corrected chi connectivity index (χ0v) is 51.7. The highest BCUT2D eigenvalue weighted by molar-refractivity contribution is 4.70. The molecule has 0 radical (unpaired) electrons. The molecule has 0 aliphatic carbocycles. The van der Waals surface area contributed by atoms with Crippen molar-refractivity contribution in [2.75, 3.05) is 298 Å². The summed E-state index contributed by atoms with van der Waals surface area (Å²) in [6.07, 6.45) is 2.82. The molecule has 5 aliphatic rings. The molecule has 27 heteroatoms. The molecule has 0 spiro atoms. The second-order valence-electron chi connectivity index (χ2n) is 19.8. The van der Waals surface area contributed by atoms with E-state index in [2.05, 4.69) is 6.92 Å². The van der Waals surface area contributed by atoms with Gasteiger partial charge < -0.3 is 129 Å². The van der Waals surface area contributed by atoms with E-state index in [1.54, 1.807) is 14.2 Å². The lowest BCUT2D eigenvalue weighted by Gasteiger charge is -2.15. The first-order chi connectivity index (χ1) is 41.4. The number of hydrogen-bond acceptors (Lipinski definition) is 27. The van der Waals surface area contributed by atoms with Crippen LogP contribution in [-0.2, 0) is 118 Å². The van der Waals surface area contributed by atoms with Crippen LogP contribution >= 0.6 is 0 Å². The summed E-state index contributed by atoms with van der Waals surface area (Å²) in [4.78, 5) is 0. The molecule has 0 bridgehead atoms. The van der Waals surface area contributed by atoms with Crippen LogP contribution in [0, 0.1) is 5.92 Å². The molecule has 5 saturated heterocycles. The minimum Gasteiger partial charge on any atom is -0.391 e. The van der Waals surface area contributed by atoms with Crippen molar-refractivity contribution in [3.63, 3.8) is 0 Å². The van der Waals surface area contributed by atoms with E-state index in [9.17, 15) is 5.11 Å². The number of rotatable bonds is 64. The first-order valence-corrected chi connectivity index (χ1v) is 30.3. The van der Waals surface area contributed by atoms with Gasteiger partial charge in [-0.05, 0) is 25.7 Å². The molecular formula is C59H121NO26. The lowest BCUT2D eigenvalue weighted by Crippen LogP contribution is -2.23. The van der Waals surface area contributed by atoms with Crippen LogP contribution in [0.5, 0.6) is 0 Å². The lowest BCUT2D eigenvalue weighted by molar-refractivity contribution is -0.0210. The van der Waals surface area contributed by atoms with Crippen molar-refractivity contribution in [2.45, 2.75) is 84.2 Å². The summed E-state index contributed by atoms with van der Waals surface area (Å²) in [6, 6.07) is 0.0629. The predicted molar refractivity (Wildman–Crippen MR) is 319 cm³/mol. The van der Waals surface area contributed by atoms with Crippen LogP contribution in [0.3, 0.4) is 0 Å². The van der Waals surface area contributed by atoms with Gasteiger partial charge in [0, 0.05) is 26.9 Å². The Morgan fingerprint density at radius 2 is 0.500 bits per heavy atom. The second-order valence-corrected chi connectivity index (χ2v) is 19.8. The van der Waals surface area contributed by atoms with E-state index in [-0.39, 0.29) is 27.0 Å². The van der Waals surface area contributed by atoms with Gasteiger partial charge in [-0.3, -0.25) is 0 Å². The summed E-state index contributed by atoms with van der Waals surface area (Å²) in [5.74, 6) is 0.365. The molecule has 5 rings (SSSR count). The van der Waals surface area contributed by atoms with E-state index in [1.807, 2.05) is 6.92 Å². The maximum atomic E-state index is 10.0. The van der Waals surface area contributed by atoms with E-state index in [0.29, 0.717) is 288 Å². The molecule has 0 aromatic rings. The van der Waals surface area contributed by atoms with Gasteiger partial charge in [-0.25, -0.2) is 0 Å². The van der Waals surface area contributed by atoms with Gasteiger partial charge in [-0.15, -0.1) is 0 Å². The zero-order chi connectivity index (χ0) is 60.1. The molecule has 0 aromatic heterocycles. The number of aliphatic hydroxyl groups excluding tert-OH is 1. The van der Waals surface area contributed by atoms with Crippen LogP contribution < -0.4 is 5.73 Å². The standard InChI is InChI=1S/C25H50O11.C16H35NO7.2C8H14O4.2CH4/c1-23(3-4-24(26)20-34-17-18-35-21-25-22-36-25)19-33-16-15-32-14-13-31-12-11-30-10-9-29-8-7-28-6-5-27-2;1-16(17)15-24-14-13-23-12-11-22-10-9-21-8-7-20-6-5-19-4-3-18-2;2*1(9-3-7-5-11-7)2-10-4-8-6-12-8;;/h23-26H,3-22H2,1-2H3;16H,3-15,17H2,1-2H3;2*7-8H,1-6H2;2*1H4. The Morgan fingerprint density at radius 1 is 0.302 bits per heavy atom. The van der Waals surface area contributed by atoms with Crippen molar-refractivity contribution >= 4 is 0 Å². The molecule has 86 heavy (non-hydrogen) atoms. The molecule has 8 atom stereocenters. The minimum absolute atomic E-state index is 0. The fourth-order valence-corrected chi connectivity index (χ4v) is 6.15. The molecule has 0 amide bonds. The number of ether oxygens (including phenoxy) is 25. The fraction of sp³-hybridized carbons (Fsp3) is 1.00. The summed E-state index contributed by atoms with van der Waals surface area (Å²) in [5.41, 5.74) is 5.55. The van der Waals surface area contributed by atoms with Gasteiger partial charge in [0.15, 0.2) is 0 Å². The van der Waals surface area contributed by atoms with Gasteiger partial charge in [0.25, 0.3) is 0 Å². The molecule has 5 heterocycles. The van der Waals surface area contributed by atoms with Crippen molar-refractivity contribution in [1.29, 1.82) is 0 Å². The third-order valence-electron chi connectivity index (χ3n) is 11.3. The molecule has 0 aromatic carbocycles. The van der Waals surface area contributed by atoms with Crippen molar-refractivity contribution in [1.82, 2.24) is 0 Å². The van der Waals surface area contributed by atoms with Crippen LogP contribution in [0.2, 0.25) is 0 Å². The van der Waals surface area contributed by atoms with Gasteiger partial charge in [0.1, 0.15) is 30.5 Å². The summed E-state index contributed by atoms with van der Waals surface area (Å²) < 4.78 is 131. The summed E-state index contributed by atoms with van der Waals surface area (Å²) in [7, 11) is 3.29. The highest BCUT2D eigenvalue weighted by atomic mass is 16.6. The van der Waals surface area contributed by atoms with Crippen molar-refractivity contribution in [3.8, 4) is 0 Å². The number of nitrogens with two attached hydrogens (primary N) is 1. The number of epoxide rings is 5. The van der Waals surface area contributed by atoms with E-state index < -0.39 is 6.10 Å². The third kappa shape index (κ3) is 72.0. The average molecular weight is 1260 g/mol. The van der Waals surface area contributed by atoms with Crippen LogP contribution in [-0.4, -0.2) is 346 Å². The third-order valence-corrected chi connectivity index (χ3v) is 11.3. The summed E-state index contributed by atoms with van der Waals surface area (Å²) >= 11 is 0. The molecule has 8 unspecified atom stereocenters. The highest BCUT2D eigenvalue weighted by Gasteiger charge is 2.25. The van der Waals surface area contributed by atoms with E-state index in [4.69, 9.17) is 124 Å². The fourth-order valence-electron chi connectivity index (χ4n) is 6.15. The zero-order valence-electron chi connectivity index (χ0n) is 51.7. The Bertz CT molecular complexity index is 1230. The van der Waals surface area contributed by atoms with Crippen molar-refractivity contribution < 1.29 is 124 Å². The van der Waals surface area contributed by atoms with Gasteiger partial charge in [-0.1, -0.05) is 21.8 Å². The van der Waals surface area contributed by atoms with Crippen LogP contribution in [0.15, 0.2) is 0 Å². The molecule has 0 saturated carbocycles. The van der Waals surface area contributed by atoms with Gasteiger partial charge in [-0.2, -0.15) is 0 Å². The molecule has 5 aliphatic heterocycles. The molecular weight excluding hydrogens is 1140 g/mol. The van der Waals surface area contributed by atoms with Gasteiger partial charge in [0.05, 0.1) is 284 Å². The first kappa shape index (κ1) is 84.9. The molecule has 27 nitrogen and oxygen atoms in total. The average Bonchev–Trinajstić information content (AvgIpc) is 4.40. The predicted octanol–water partition coefficient (Wildman–Crippen LogP) is 1.93. The number of hydrogen-bond donors (Lipinski definition) is 2. The Hall–Kier alpha value is -1.08. The van der Waals surface area contributed by atoms with Crippen molar-refractivity contribution in [2.24, 2.45) is 11.7 Å². The molecule has 518 valence electrons. The van der Waals surface area contributed by atoms with E-state index in [1.165, 1.54) is 0 Å². The number of methoxy groups -OCH3 is 2. The van der Waals surface area contributed by atoms with Gasteiger partial charge >= 0.3 is 0 Å².